The molecule has 1 saturated carbocycles. The van der Waals surface area contributed by atoms with E-state index in [0.29, 0.717) is 0 Å². The summed E-state index contributed by atoms with van der Waals surface area (Å²) in [6.45, 7) is 0. The number of methoxy groups -OCH3 is 1. The van der Waals surface area contributed by atoms with Crippen LogP contribution in [0.3, 0.4) is 0 Å². The zero-order valence-electron chi connectivity index (χ0n) is 10.2. The van der Waals surface area contributed by atoms with Gasteiger partial charge in [-0.2, -0.15) is 0 Å². The Kier molecular flexibility index (Phi) is 2.41. The second kappa shape index (κ2) is 3.85. The Bertz CT molecular complexity index is 598. The molecule has 1 fully saturated rings. The van der Waals surface area contributed by atoms with Gasteiger partial charge in [0.2, 0.25) is 0 Å². The molecule has 2 aromatic rings. The van der Waals surface area contributed by atoms with Crippen molar-refractivity contribution in [2.24, 2.45) is 11.1 Å². The number of hydrogen-bond donors (Lipinski definition) is 1. The van der Waals surface area contributed by atoms with Crippen molar-refractivity contribution in [2.75, 3.05) is 7.11 Å². The van der Waals surface area contributed by atoms with Gasteiger partial charge in [-0.25, -0.2) is 0 Å². The molecule has 18 heavy (non-hydrogen) atoms. The maximum atomic E-state index is 11.8. The van der Waals surface area contributed by atoms with Gasteiger partial charge in [-0.1, -0.05) is 18.2 Å². The van der Waals surface area contributed by atoms with E-state index >= 15 is 0 Å². The number of nitrogens with two attached hydrogens (primary N) is 1. The Morgan fingerprint density at radius 2 is 2.17 bits per heavy atom. The number of hydrogen-bond acceptors (Lipinski definition) is 4. The van der Waals surface area contributed by atoms with E-state index in [0.717, 1.165) is 29.4 Å². The number of para-hydroxylation sites is 1. The first-order valence-corrected chi connectivity index (χ1v) is 5.99. The minimum atomic E-state index is -0.554. The average Bonchev–Trinajstić information content (AvgIpc) is 3.11. The van der Waals surface area contributed by atoms with Crippen LogP contribution in [0.1, 0.15) is 24.4 Å². The third kappa shape index (κ3) is 1.46. The molecule has 1 aliphatic rings. The third-order valence-corrected chi connectivity index (χ3v) is 3.82. The highest BCUT2D eigenvalue weighted by molar-refractivity contribution is 5.85. The molecule has 0 bridgehead atoms. The summed E-state index contributed by atoms with van der Waals surface area (Å²) in [6.07, 6.45) is 3.21. The van der Waals surface area contributed by atoms with Crippen LogP contribution in [0, 0.1) is 5.41 Å². The summed E-state index contributed by atoms with van der Waals surface area (Å²) < 4.78 is 10.3. The van der Waals surface area contributed by atoms with Crippen LogP contribution in [0.4, 0.5) is 0 Å². The smallest absolute Gasteiger partial charge is 0.313 e. The van der Waals surface area contributed by atoms with E-state index in [1.54, 1.807) is 6.26 Å². The van der Waals surface area contributed by atoms with E-state index in [1.165, 1.54) is 7.11 Å². The van der Waals surface area contributed by atoms with Gasteiger partial charge >= 0.3 is 5.97 Å². The normalized spacial score (nSPS) is 18.6. The van der Waals surface area contributed by atoms with Gasteiger partial charge in [0.15, 0.2) is 0 Å². The molecule has 1 aromatic carbocycles. The number of esters is 1. The number of ether oxygens (including phenoxy) is 1. The molecule has 1 atom stereocenters. The number of fused-ring (bicyclic) bond motifs is 1. The lowest BCUT2D eigenvalue weighted by atomic mass is 9.90. The highest BCUT2D eigenvalue weighted by atomic mass is 16.5. The lowest BCUT2D eigenvalue weighted by Gasteiger charge is -2.19. The van der Waals surface area contributed by atoms with Crippen LogP contribution < -0.4 is 5.73 Å². The first-order valence-electron chi connectivity index (χ1n) is 5.99. The van der Waals surface area contributed by atoms with Crippen molar-refractivity contribution in [3.63, 3.8) is 0 Å². The van der Waals surface area contributed by atoms with Gasteiger partial charge in [0.25, 0.3) is 0 Å². The quantitative estimate of drug-likeness (QED) is 0.843. The molecule has 0 amide bonds. The van der Waals surface area contributed by atoms with Crippen molar-refractivity contribution < 1.29 is 13.9 Å². The Morgan fingerprint density at radius 3 is 2.83 bits per heavy atom. The van der Waals surface area contributed by atoms with Crippen molar-refractivity contribution in [1.82, 2.24) is 0 Å². The fourth-order valence-electron chi connectivity index (χ4n) is 2.52. The van der Waals surface area contributed by atoms with E-state index in [-0.39, 0.29) is 12.0 Å². The molecule has 1 heterocycles. The van der Waals surface area contributed by atoms with Crippen molar-refractivity contribution in [2.45, 2.75) is 18.9 Å². The van der Waals surface area contributed by atoms with Gasteiger partial charge in [-0.05, 0) is 18.9 Å². The van der Waals surface area contributed by atoms with Crippen LogP contribution in [0.25, 0.3) is 11.0 Å². The fraction of sp³-hybridized carbons (Fsp3) is 0.357. The van der Waals surface area contributed by atoms with E-state index in [9.17, 15) is 4.79 Å². The fourth-order valence-corrected chi connectivity index (χ4v) is 2.52. The lowest BCUT2D eigenvalue weighted by molar-refractivity contribution is -0.148. The SMILES string of the molecule is COC(=O)C1(C(N)c2coc3ccccc23)CC1. The molecule has 1 aromatic heterocycles. The van der Waals surface area contributed by atoms with Crippen LogP contribution in [0.5, 0.6) is 0 Å². The van der Waals surface area contributed by atoms with Gasteiger partial charge in [-0.15, -0.1) is 0 Å². The average molecular weight is 245 g/mol. The molecule has 1 aliphatic carbocycles. The summed E-state index contributed by atoms with van der Waals surface area (Å²) in [5.41, 5.74) is 7.39. The summed E-state index contributed by atoms with van der Waals surface area (Å²) in [6, 6.07) is 7.33. The van der Waals surface area contributed by atoms with E-state index in [1.807, 2.05) is 24.3 Å². The first kappa shape index (κ1) is 11.3. The van der Waals surface area contributed by atoms with Crippen molar-refractivity contribution in [3.05, 3.63) is 36.1 Å². The zero-order chi connectivity index (χ0) is 12.8. The van der Waals surface area contributed by atoms with Crippen LogP contribution in [0.2, 0.25) is 0 Å². The van der Waals surface area contributed by atoms with Crippen molar-refractivity contribution in [1.29, 1.82) is 0 Å². The number of carbonyl (C=O) groups is 1. The Hall–Kier alpha value is -1.81. The number of benzene rings is 1. The molecule has 94 valence electrons. The second-order valence-electron chi connectivity index (χ2n) is 4.81. The molecule has 4 nitrogen and oxygen atoms in total. The van der Waals surface area contributed by atoms with Crippen LogP contribution in [0.15, 0.2) is 34.9 Å². The summed E-state index contributed by atoms with van der Waals surface area (Å²) in [7, 11) is 1.41. The molecule has 1 unspecified atom stereocenters. The monoisotopic (exact) mass is 245 g/mol. The first-order chi connectivity index (χ1) is 8.69. The maximum Gasteiger partial charge on any atom is 0.313 e. The lowest BCUT2D eigenvalue weighted by Crippen LogP contribution is -2.30. The predicted molar refractivity (Wildman–Crippen MR) is 66.8 cm³/mol. The van der Waals surface area contributed by atoms with Crippen molar-refractivity contribution >= 4 is 16.9 Å². The van der Waals surface area contributed by atoms with Crippen LogP contribution >= 0.6 is 0 Å². The minimum Gasteiger partial charge on any atom is -0.469 e. The second-order valence-corrected chi connectivity index (χ2v) is 4.81. The molecular formula is C14H15NO3. The Labute approximate surface area is 105 Å². The zero-order valence-corrected chi connectivity index (χ0v) is 10.2. The van der Waals surface area contributed by atoms with Gasteiger partial charge in [0, 0.05) is 17.0 Å². The van der Waals surface area contributed by atoms with Crippen LogP contribution in [-0.4, -0.2) is 13.1 Å². The summed E-state index contributed by atoms with van der Waals surface area (Å²) in [5.74, 6) is -0.222. The minimum absolute atomic E-state index is 0.222. The highest BCUT2D eigenvalue weighted by Crippen LogP contribution is 2.55. The third-order valence-electron chi connectivity index (χ3n) is 3.82. The molecule has 0 radical (unpaired) electrons. The summed E-state index contributed by atoms with van der Waals surface area (Å²) in [4.78, 5) is 11.8. The summed E-state index contributed by atoms with van der Waals surface area (Å²) >= 11 is 0. The van der Waals surface area contributed by atoms with E-state index in [4.69, 9.17) is 14.9 Å². The molecular weight excluding hydrogens is 230 g/mol. The van der Waals surface area contributed by atoms with Gasteiger partial charge in [0.05, 0.1) is 18.8 Å². The molecule has 3 rings (SSSR count). The topological polar surface area (TPSA) is 65.5 Å². The van der Waals surface area contributed by atoms with E-state index in [2.05, 4.69) is 0 Å². The highest BCUT2D eigenvalue weighted by Gasteiger charge is 2.56. The van der Waals surface area contributed by atoms with E-state index < -0.39 is 5.41 Å². The van der Waals surface area contributed by atoms with Gasteiger partial charge < -0.3 is 14.9 Å². The largest absolute Gasteiger partial charge is 0.469 e. The summed E-state index contributed by atoms with van der Waals surface area (Å²) in [5, 5.41) is 0.972. The molecule has 4 heteroatoms. The molecule has 2 N–H and O–H groups in total. The van der Waals surface area contributed by atoms with Gasteiger partial charge in [-0.3, -0.25) is 4.79 Å². The number of furan rings is 1. The molecule has 0 saturated heterocycles. The van der Waals surface area contributed by atoms with Crippen LogP contribution in [-0.2, 0) is 9.53 Å². The van der Waals surface area contributed by atoms with Gasteiger partial charge in [0.1, 0.15) is 5.58 Å². The predicted octanol–water partition coefficient (Wildman–Crippen LogP) is 2.39. The standard InChI is InChI=1S/C14H15NO3/c1-17-13(16)14(6-7-14)12(15)10-8-18-11-5-3-2-4-9(10)11/h2-5,8,12H,6-7,15H2,1H3. The molecule has 0 spiro atoms. The molecule has 0 aliphatic heterocycles. The van der Waals surface area contributed by atoms with Crippen molar-refractivity contribution in [3.8, 4) is 0 Å². The number of carbonyl (C=O) groups excluding carboxylic acids is 1. The Balaban J connectivity index is 2.03. The maximum absolute atomic E-state index is 11.8. The Morgan fingerprint density at radius 1 is 1.44 bits per heavy atom. The number of rotatable bonds is 3.